The van der Waals surface area contributed by atoms with Gasteiger partial charge in [-0.1, -0.05) is 26.8 Å². The summed E-state index contributed by atoms with van der Waals surface area (Å²) in [6.07, 6.45) is 5.52. The standard InChI is InChI=1S/C14H24O/c1-6-10(2)14(15)9-11-7-8-13(14,5)12(11,3)4/h6,11,15H,7-9H2,1-5H3. The van der Waals surface area contributed by atoms with E-state index >= 15 is 0 Å². The van der Waals surface area contributed by atoms with Crippen LogP contribution in [0.4, 0.5) is 0 Å². The predicted octanol–water partition coefficient (Wildman–Crippen LogP) is 3.53. The van der Waals surface area contributed by atoms with Crippen molar-refractivity contribution >= 4 is 0 Å². The van der Waals surface area contributed by atoms with Crippen LogP contribution in [0.5, 0.6) is 0 Å². The molecule has 0 heterocycles. The Hall–Kier alpha value is -0.300. The van der Waals surface area contributed by atoms with Gasteiger partial charge in [0, 0.05) is 5.41 Å². The average Bonchev–Trinajstić information content (AvgIpc) is 2.48. The smallest absolute Gasteiger partial charge is 0.0915 e. The third kappa shape index (κ3) is 1.03. The molecule has 1 N–H and O–H groups in total. The van der Waals surface area contributed by atoms with E-state index < -0.39 is 5.60 Å². The first-order valence-corrected chi connectivity index (χ1v) is 6.15. The second-order valence-corrected chi connectivity index (χ2v) is 6.33. The van der Waals surface area contributed by atoms with Crippen molar-refractivity contribution in [3.63, 3.8) is 0 Å². The Balaban J connectivity index is 2.50. The molecule has 2 aliphatic carbocycles. The topological polar surface area (TPSA) is 20.2 Å². The van der Waals surface area contributed by atoms with Gasteiger partial charge >= 0.3 is 0 Å². The summed E-state index contributed by atoms with van der Waals surface area (Å²) < 4.78 is 0. The van der Waals surface area contributed by atoms with E-state index in [-0.39, 0.29) is 10.8 Å². The highest BCUT2D eigenvalue weighted by Crippen LogP contribution is 2.71. The van der Waals surface area contributed by atoms with Gasteiger partial charge in [0.25, 0.3) is 0 Å². The van der Waals surface area contributed by atoms with E-state index in [0.29, 0.717) is 5.92 Å². The Bertz CT molecular complexity index is 315. The summed E-state index contributed by atoms with van der Waals surface area (Å²) in [6, 6.07) is 0. The molecule has 0 saturated heterocycles. The molecule has 0 aromatic carbocycles. The maximum Gasteiger partial charge on any atom is 0.0915 e. The van der Waals surface area contributed by atoms with Gasteiger partial charge in [0.15, 0.2) is 0 Å². The van der Waals surface area contributed by atoms with Gasteiger partial charge in [-0.15, -0.1) is 0 Å². The summed E-state index contributed by atoms with van der Waals surface area (Å²) in [5.74, 6) is 0.697. The van der Waals surface area contributed by atoms with Crippen LogP contribution in [0.1, 0.15) is 53.9 Å². The zero-order valence-electron chi connectivity index (χ0n) is 10.7. The van der Waals surface area contributed by atoms with Crippen LogP contribution in [-0.2, 0) is 0 Å². The van der Waals surface area contributed by atoms with Crippen LogP contribution in [0.25, 0.3) is 0 Å². The molecular weight excluding hydrogens is 184 g/mol. The summed E-state index contributed by atoms with van der Waals surface area (Å²) >= 11 is 0. The van der Waals surface area contributed by atoms with Gasteiger partial charge in [-0.3, -0.25) is 0 Å². The molecule has 3 atom stereocenters. The number of allylic oxidation sites excluding steroid dienone is 1. The van der Waals surface area contributed by atoms with Crippen LogP contribution < -0.4 is 0 Å². The minimum Gasteiger partial charge on any atom is -0.385 e. The zero-order valence-corrected chi connectivity index (χ0v) is 10.7. The fourth-order valence-electron chi connectivity index (χ4n) is 4.11. The highest BCUT2D eigenvalue weighted by molar-refractivity contribution is 5.29. The molecule has 0 spiro atoms. The lowest BCUT2D eigenvalue weighted by molar-refractivity contribution is -0.0601. The first kappa shape index (κ1) is 11.2. The van der Waals surface area contributed by atoms with E-state index in [1.54, 1.807) is 0 Å². The Kier molecular flexibility index (Phi) is 2.15. The highest BCUT2D eigenvalue weighted by Gasteiger charge is 2.68. The molecule has 2 aliphatic rings. The van der Waals surface area contributed by atoms with Gasteiger partial charge in [-0.2, -0.15) is 0 Å². The largest absolute Gasteiger partial charge is 0.385 e. The van der Waals surface area contributed by atoms with Crippen molar-refractivity contribution in [3.8, 4) is 0 Å². The molecule has 0 aromatic heterocycles. The molecule has 2 saturated carbocycles. The molecule has 3 unspecified atom stereocenters. The van der Waals surface area contributed by atoms with E-state index in [9.17, 15) is 5.11 Å². The van der Waals surface area contributed by atoms with Gasteiger partial charge in [-0.05, 0) is 50.0 Å². The van der Waals surface area contributed by atoms with E-state index in [0.717, 1.165) is 6.42 Å². The van der Waals surface area contributed by atoms with E-state index in [1.807, 2.05) is 6.92 Å². The Morgan fingerprint density at radius 2 is 1.93 bits per heavy atom. The fraction of sp³-hybridized carbons (Fsp3) is 0.857. The van der Waals surface area contributed by atoms with E-state index in [4.69, 9.17) is 0 Å². The minimum absolute atomic E-state index is 0.0707. The lowest BCUT2D eigenvalue weighted by atomic mass is 9.62. The lowest BCUT2D eigenvalue weighted by Crippen LogP contribution is -2.48. The van der Waals surface area contributed by atoms with Crippen molar-refractivity contribution in [1.29, 1.82) is 0 Å². The monoisotopic (exact) mass is 208 g/mol. The second-order valence-electron chi connectivity index (χ2n) is 6.33. The second kappa shape index (κ2) is 2.88. The summed E-state index contributed by atoms with van der Waals surface area (Å²) in [5, 5.41) is 11.0. The molecule has 1 nitrogen and oxygen atoms in total. The molecule has 0 aliphatic heterocycles. The number of hydrogen-bond acceptors (Lipinski definition) is 1. The van der Waals surface area contributed by atoms with Crippen LogP contribution in [0.15, 0.2) is 11.6 Å². The minimum atomic E-state index is -0.547. The van der Waals surface area contributed by atoms with Gasteiger partial charge in [0.1, 0.15) is 0 Å². The molecule has 86 valence electrons. The van der Waals surface area contributed by atoms with Gasteiger partial charge in [-0.25, -0.2) is 0 Å². The molecule has 0 amide bonds. The van der Waals surface area contributed by atoms with Crippen molar-refractivity contribution in [2.45, 2.75) is 59.5 Å². The van der Waals surface area contributed by atoms with E-state index in [1.165, 1.54) is 18.4 Å². The van der Waals surface area contributed by atoms with Crippen LogP contribution in [0, 0.1) is 16.7 Å². The number of rotatable bonds is 1. The first-order valence-electron chi connectivity index (χ1n) is 6.15. The summed E-state index contributed by atoms with van der Waals surface area (Å²) in [6.45, 7) is 11.1. The summed E-state index contributed by atoms with van der Waals surface area (Å²) in [5.41, 5.74) is 0.974. The maximum atomic E-state index is 11.0. The quantitative estimate of drug-likeness (QED) is 0.654. The predicted molar refractivity (Wildman–Crippen MR) is 63.6 cm³/mol. The molecule has 2 fully saturated rings. The highest BCUT2D eigenvalue weighted by atomic mass is 16.3. The van der Waals surface area contributed by atoms with Crippen molar-refractivity contribution in [2.24, 2.45) is 16.7 Å². The third-order valence-corrected chi connectivity index (χ3v) is 5.98. The van der Waals surface area contributed by atoms with Gasteiger partial charge < -0.3 is 5.11 Å². The van der Waals surface area contributed by atoms with Crippen molar-refractivity contribution < 1.29 is 5.11 Å². The fourth-order valence-corrected chi connectivity index (χ4v) is 4.11. The molecule has 2 rings (SSSR count). The van der Waals surface area contributed by atoms with Crippen molar-refractivity contribution in [2.75, 3.05) is 0 Å². The Labute approximate surface area is 93.6 Å². The van der Waals surface area contributed by atoms with Crippen LogP contribution in [-0.4, -0.2) is 10.7 Å². The van der Waals surface area contributed by atoms with Crippen LogP contribution in [0.3, 0.4) is 0 Å². The molecular formula is C14H24O. The van der Waals surface area contributed by atoms with Crippen LogP contribution >= 0.6 is 0 Å². The summed E-state index contributed by atoms with van der Waals surface area (Å²) in [4.78, 5) is 0. The maximum absolute atomic E-state index is 11.0. The normalized spacial score (nSPS) is 48.7. The lowest BCUT2D eigenvalue weighted by Gasteiger charge is -2.46. The Morgan fingerprint density at radius 1 is 1.33 bits per heavy atom. The summed E-state index contributed by atoms with van der Waals surface area (Å²) in [7, 11) is 0. The van der Waals surface area contributed by atoms with Crippen LogP contribution in [0.2, 0.25) is 0 Å². The van der Waals surface area contributed by atoms with Gasteiger partial charge in [0.2, 0.25) is 0 Å². The zero-order chi connectivity index (χ0) is 11.5. The van der Waals surface area contributed by atoms with Crippen molar-refractivity contribution in [1.82, 2.24) is 0 Å². The number of fused-ring (bicyclic) bond motifs is 2. The molecule has 2 bridgehead atoms. The SMILES string of the molecule is CC=C(C)C1(O)CC2CCC1(C)C2(C)C. The Morgan fingerprint density at radius 3 is 2.27 bits per heavy atom. The third-order valence-electron chi connectivity index (χ3n) is 5.98. The van der Waals surface area contributed by atoms with Crippen molar-refractivity contribution in [3.05, 3.63) is 11.6 Å². The van der Waals surface area contributed by atoms with Gasteiger partial charge in [0.05, 0.1) is 5.60 Å². The average molecular weight is 208 g/mol. The molecule has 15 heavy (non-hydrogen) atoms. The molecule has 0 aromatic rings. The first-order chi connectivity index (χ1) is 6.79. The molecule has 0 radical (unpaired) electrons. The van der Waals surface area contributed by atoms with E-state index in [2.05, 4.69) is 33.8 Å². The molecule has 1 heteroatoms. The number of aliphatic hydroxyl groups is 1. The number of hydrogen-bond donors (Lipinski definition) is 1.